The summed E-state index contributed by atoms with van der Waals surface area (Å²) in [6.07, 6.45) is 4.58. The second-order valence-electron chi connectivity index (χ2n) is 4.03. The molecule has 1 aliphatic rings. The summed E-state index contributed by atoms with van der Waals surface area (Å²) in [5.74, 6) is 0.720. The molecule has 0 saturated carbocycles. The number of nitrogens with one attached hydrogen (secondary N) is 1. The Morgan fingerprint density at radius 2 is 2.07 bits per heavy atom. The Morgan fingerprint density at radius 1 is 1.33 bits per heavy atom. The first-order chi connectivity index (χ1) is 7.31. The molecule has 2 rings (SSSR count). The molecule has 1 fully saturated rings. The number of piperidine rings is 1. The minimum absolute atomic E-state index is 0.720. The van der Waals surface area contributed by atoms with E-state index in [2.05, 4.69) is 23.7 Å². The third-order valence-corrected chi connectivity index (χ3v) is 3.86. The molecule has 15 heavy (non-hydrogen) atoms. The third-order valence-electron chi connectivity index (χ3n) is 3.07. The minimum Gasteiger partial charge on any atom is -0.398 e. The zero-order chi connectivity index (χ0) is 10.7. The predicted octanol–water partition coefficient (Wildman–Crippen LogP) is 2.46. The van der Waals surface area contributed by atoms with Crippen LogP contribution in [-0.4, -0.2) is 19.3 Å². The molecule has 1 heterocycles. The van der Waals surface area contributed by atoms with E-state index in [0.29, 0.717) is 0 Å². The summed E-state index contributed by atoms with van der Waals surface area (Å²) in [5, 5.41) is 3.39. The summed E-state index contributed by atoms with van der Waals surface area (Å²) in [6, 6.07) is 6.49. The van der Waals surface area contributed by atoms with Crippen molar-refractivity contribution in [2.24, 2.45) is 0 Å². The van der Waals surface area contributed by atoms with Gasteiger partial charge in [-0.2, -0.15) is 0 Å². The highest BCUT2D eigenvalue weighted by atomic mass is 32.2. The lowest BCUT2D eigenvalue weighted by molar-refractivity contribution is 0.460. The van der Waals surface area contributed by atoms with Crippen molar-refractivity contribution >= 4 is 17.4 Å². The van der Waals surface area contributed by atoms with Crippen molar-refractivity contribution in [1.82, 2.24) is 5.32 Å². The highest BCUT2D eigenvalue weighted by Crippen LogP contribution is 2.31. The Morgan fingerprint density at radius 3 is 2.73 bits per heavy atom. The van der Waals surface area contributed by atoms with E-state index < -0.39 is 0 Å². The topological polar surface area (TPSA) is 38.0 Å². The van der Waals surface area contributed by atoms with Gasteiger partial charge in [0.2, 0.25) is 0 Å². The molecule has 2 nitrogen and oxygen atoms in total. The van der Waals surface area contributed by atoms with E-state index in [-0.39, 0.29) is 0 Å². The van der Waals surface area contributed by atoms with Gasteiger partial charge in [-0.3, -0.25) is 0 Å². The molecule has 82 valence electrons. The lowest BCUT2D eigenvalue weighted by Crippen LogP contribution is -2.26. The molecule has 1 aliphatic heterocycles. The SMILES string of the molecule is CSc1cc(C2CCNCC2)ccc1N. The van der Waals surface area contributed by atoms with Crippen molar-refractivity contribution < 1.29 is 0 Å². The Bertz CT molecular complexity index is 332. The van der Waals surface area contributed by atoms with Crippen molar-refractivity contribution in [3.8, 4) is 0 Å². The van der Waals surface area contributed by atoms with Crippen LogP contribution >= 0.6 is 11.8 Å². The quantitative estimate of drug-likeness (QED) is 0.596. The van der Waals surface area contributed by atoms with Crippen LogP contribution in [-0.2, 0) is 0 Å². The zero-order valence-electron chi connectivity index (χ0n) is 9.12. The van der Waals surface area contributed by atoms with Crippen LogP contribution in [0.25, 0.3) is 0 Å². The minimum atomic E-state index is 0.720. The number of anilines is 1. The number of nitrogen functional groups attached to an aromatic ring is 1. The first-order valence-corrected chi connectivity index (χ1v) is 6.68. The van der Waals surface area contributed by atoms with Crippen LogP contribution < -0.4 is 11.1 Å². The molecular formula is C12H18N2S. The van der Waals surface area contributed by atoms with Crippen molar-refractivity contribution in [3.63, 3.8) is 0 Å². The van der Waals surface area contributed by atoms with Gasteiger partial charge in [-0.1, -0.05) is 6.07 Å². The first kappa shape index (κ1) is 10.8. The lowest BCUT2D eigenvalue weighted by atomic mass is 9.90. The average molecular weight is 222 g/mol. The smallest absolute Gasteiger partial charge is 0.0452 e. The highest BCUT2D eigenvalue weighted by Gasteiger charge is 2.15. The van der Waals surface area contributed by atoms with Gasteiger partial charge >= 0.3 is 0 Å². The summed E-state index contributed by atoms with van der Waals surface area (Å²) < 4.78 is 0. The normalized spacial score (nSPS) is 17.9. The van der Waals surface area contributed by atoms with Crippen molar-refractivity contribution in [1.29, 1.82) is 0 Å². The van der Waals surface area contributed by atoms with Gasteiger partial charge in [-0.05, 0) is 55.8 Å². The molecule has 0 radical (unpaired) electrons. The van der Waals surface area contributed by atoms with E-state index in [1.54, 1.807) is 11.8 Å². The molecule has 1 saturated heterocycles. The van der Waals surface area contributed by atoms with E-state index in [4.69, 9.17) is 5.73 Å². The molecule has 0 amide bonds. The second kappa shape index (κ2) is 4.90. The Kier molecular flexibility index (Phi) is 3.54. The van der Waals surface area contributed by atoms with Gasteiger partial charge < -0.3 is 11.1 Å². The molecule has 1 aromatic carbocycles. The van der Waals surface area contributed by atoms with E-state index >= 15 is 0 Å². The molecule has 3 N–H and O–H groups in total. The Labute approximate surface area is 95.6 Å². The van der Waals surface area contributed by atoms with E-state index in [9.17, 15) is 0 Å². The molecule has 0 aromatic heterocycles. The van der Waals surface area contributed by atoms with E-state index in [0.717, 1.165) is 24.7 Å². The van der Waals surface area contributed by atoms with Crippen LogP contribution in [0.2, 0.25) is 0 Å². The number of thioether (sulfide) groups is 1. The second-order valence-corrected chi connectivity index (χ2v) is 4.87. The fourth-order valence-electron chi connectivity index (χ4n) is 2.14. The highest BCUT2D eigenvalue weighted by molar-refractivity contribution is 7.98. The van der Waals surface area contributed by atoms with Crippen molar-refractivity contribution in [2.45, 2.75) is 23.7 Å². The number of hydrogen-bond donors (Lipinski definition) is 2. The first-order valence-electron chi connectivity index (χ1n) is 5.45. The summed E-state index contributed by atoms with van der Waals surface area (Å²) >= 11 is 1.73. The standard InChI is InChI=1S/C12H18N2S/c1-15-12-8-10(2-3-11(12)13)9-4-6-14-7-5-9/h2-3,8-9,14H,4-7,13H2,1H3. The van der Waals surface area contributed by atoms with E-state index in [1.807, 2.05) is 6.07 Å². The summed E-state index contributed by atoms with van der Waals surface area (Å²) in [4.78, 5) is 1.21. The summed E-state index contributed by atoms with van der Waals surface area (Å²) in [6.45, 7) is 2.29. The molecule has 0 unspecified atom stereocenters. The van der Waals surface area contributed by atoms with Gasteiger partial charge in [-0.25, -0.2) is 0 Å². The zero-order valence-corrected chi connectivity index (χ0v) is 9.94. The van der Waals surface area contributed by atoms with Crippen LogP contribution in [0, 0.1) is 0 Å². The van der Waals surface area contributed by atoms with Crippen LogP contribution in [0.1, 0.15) is 24.3 Å². The van der Waals surface area contributed by atoms with Crippen LogP contribution in [0.5, 0.6) is 0 Å². The number of rotatable bonds is 2. The third kappa shape index (κ3) is 2.47. The molecule has 0 spiro atoms. The average Bonchev–Trinajstić information content (AvgIpc) is 2.31. The largest absolute Gasteiger partial charge is 0.398 e. The van der Waals surface area contributed by atoms with E-state index in [1.165, 1.54) is 23.3 Å². The maximum atomic E-state index is 5.90. The molecule has 0 atom stereocenters. The van der Waals surface area contributed by atoms with Crippen LogP contribution in [0.15, 0.2) is 23.1 Å². The van der Waals surface area contributed by atoms with Gasteiger partial charge in [0, 0.05) is 10.6 Å². The number of benzene rings is 1. The van der Waals surface area contributed by atoms with Crippen molar-refractivity contribution in [3.05, 3.63) is 23.8 Å². The summed E-state index contributed by atoms with van der Waals surface area (Å²) in [5.41, 5.74) is 8.25. The molecule has 1 aromatic rings. The van der Waals surface area contributed by atoms with Crippen molar-refractivity contribution in [2.75, 3.05) is 25.1 Å². The molecule has 0 aliphatic carbocycles. The van der Waals surface area contributed by atoms with Gasteiger partial charge in [0.05, 0.1) is 0 Å². The Balaban J connectivity index is 2.20. The maximum absolute atomic E-state index is 5.90. The molecular weight excluding hydrogens is 204 g/mol. The van der Waals surface area contributed by atoms with Crippen LogP contribution in [0.4, 0.5) is 5.69 Å². The Hall–Kier alpha value is -0.670. The lowest BCUT2D eigenvalue weighted by Gasteiger charge is -2.23. The fraction of sp³-hybridized carbons (Fsp3) is 0.500. The number of hydrogen-bond acceptors (Lipinski definition) is 3. The monoisotopic (exact) mass is 222 g/mol. The van der Waals surface area contributed by atoms with Gasteiger partial charge in [0.15, 0.2) is 0 Å². The summed E-state index contributed by atoms with van der Waals surface area (Å²) in [7, 11) is 0. The maximum Gasteiger partial charge on any atom is 0.0452 e. The van der Waals surface area contributed by atoms with Gasteiger partial charge in [0.25, 0.3) is 0 Å². The number of nitrogens with two attached hydrogens (primary N) is 1. The van der Waals surface area contributed by atoms with Gasteiger partial charge in [-0.15, -0.1) is 11.8 Å². The predicted molar refractivity (Wildman–Crippen MR) is 67.5 cm³/mol. The van der Waals surface area contributed by atoms with Gasteiger partial charge in [0.1, 0.15) is 0 Å². The molecule has 0 bridgehead atoms. The fourth-order valence-corrected chi connectivity index (χ4v) is 2.69. The van der Waals surface area contributed by atoms with Crippen LogP contribution in [0.3, 0.4) is 0 Å². The molecule has 3 heteroatoms.